The van der Waals surface area contributed by atoms with E-state index in [9.17, 15) is 9.59 Å². The number of aryl methyl sites for hydroxylation is 1. The molecule has 0 radical (unpaired) electrons. The van der Waals surface area contributed by atoms with Crippen LogP contribution < -0.4 is 5.32 Å². The second-order valence-corrected chi connectivity index (χ2v) is 6.66. The Morgan fingerprint density at radius 3 is 2.57 bits per heavy atom. The number of benzene rings is 1. The minimum Gasteiger partial charge on any atom is -0.465 e. The molecule has 0 aliphatic carbocycles. The van der Waals surface area contributed by atoms with Crippen molar-refractivity contribution in [3.05, 3.63) is 55.7 Å². The maximum Gasteiger partial charge on any atom is 0.348 e. The van der Waals surface area contributed by atoms with Crippen molar-refractivity contribution in [2.24, 2.45) is 0 Å². The molecule has 7 heteroatoms. The minimum absolute atomic E-state index is 0.195. The fraction of sp³-hybridized carbons (Fsp3) is 0.250. The molecule has 0 aliphatic heterocycles. The zero-order valence-electron chi connectivity index (χ0n) is 12.4. The first-order valence-electron chi connectivity index (χ1n) is 6.91. The third-order valence-corrected chi connectivity index (χ3v) is 4.93. The molecule has 23 heavy (non-hydrogen) atoms. The van der Waals surface area contributed by atoms with Crippen LogP contribution >= 0.6 is 34.5 Å². The van der Waals surface area contributed by atoms with Crippen molar-refractivity contribution in [1.82, 2.24) is 5.32 Å². The predicted molar refractivity (Wildman–Crippen MR) is 92.8 cm³/mol. The number of hydrogen-bond acceptors (Lipinski definition) is 4. The lowest BCUT2D eigenvalue weighted by Gasteiger charge is -2.05. The van der Waals surface area contributed by atoms with Crippen molar-refractivity contribution < 1.29 is 14.3 Å². The molecule has 0 saturated carbocycles. The van der Waals surface area contributed by atoms with Crippen LogP contribution in [0.2, 0.25) is 10.0 Å². The number of hydrogen-bond donors (Lipinski definition) is 1. The summed E-state index contributed by atoms with van der Waals surface area (Å²) in [5.41, 5.74) is 1.07. The Morgan fingerprint density at radius 2 is 1.87 bits per heavy atom. The normalized spacial score (nSPS) is 10.4. The van der Waals surface area contributed by atoms with Gasteiger partial charge in [0.1, 0.15) is 4.88 Å². The van der Waals surface area contributed by atoms with Crippen LogP contribution in [0.5, 0.6) is 0 Å². The highest BCUT2D eigenvalue weighted by Crippen LogP contribution is 2.23. The lowest BCUT2D eigenvalue weighted by molar-refractivity contribution is 0.0606. The third kappa shape index (κ3) is 4.96. The SMILES string of the molecule is COC(=O)c1ccc(C(=O)NCCCc2ccc(Cl)c(Cl)c2)s1. The fourth-order valence-corrected chi connectivity index (χ4v) is 3.11. The molecule has 4 nitrogen and oxygen atoms in total. The van der Waals surface area contributed by atoms with Gasteiger partial charge in [0.15, 0.2) is 0 Å². The van der Waals surface area contributed by atoms with Crippen LogP contribution in [0.1, 0.15) is 31.3 Å². The quantitative estimate of drug-likeness (QED) is 0.611. The first-order chi connectivity index (χ1) is 11.0. The number of nitrogens with one attached hydrogen (secondary N) is 1. The number of carbonyl (C=O) groups excluding carboxylic acids is 2. The molecular weight excluding hydrogens is 357 g/mol. The molecule has 1 amide bonds. The smallest absolute Gasteiger partial charge is 0.348 e. The van der Waals surface area contributed by atoms with Gasteiger partial charge in [-0.3, -0.25) is 4.79 Å². The number of methoxy groups -OCH3 is 1. The van der Waals surface area contributed by atoms with Crippen molar-refractivity contribution in [3.8, 4) is 0 Å². The van der Waals surface area contributed by atoms with Crippen LogP contribution in [0.4, 0.5) is 0 Å². The molecule has 0 aliphatic rings. The van der Waals surface area contributed by atoms with E-state index in [0.29, 0.717) is 26.3 Å². The monoisotopic (exact) mass is 371 g/mol. The summed E-state index contributed by atoms with van der Waals surface area (Å²) in [6.45, 7) is 0.532. The van der Waals surface area contributed by atoms with Gasteiger partial charge in [-0.2, -0.15) is 0 Å². The molecule has 0 unspecified atom stereocenters. The van der Waals surface area contributed by atoms with E-state index < -0.39 is 5.97 Å². The Kier molecular flexibility index (Phi) is 6.45. The molecule has 0 atom stereocenters. The summed E-state index contributed by atoms with van der Waals surface area (Å²) in [5.74, 6) is -0.632. The van der Waals surface area contributed by atoms with Crippen LogP contribution in [-0.2, 0) is 11.2 Å². The van der Waals surface area contributed by atoms with Crippen molar-refractivity contribution in [2.75, 3.05) is 13.7 Å². The average Bonchev–Trinajstić information content (AvgIpc) is 3.04. The maximum atomic E-state index is 12.0. The second kappa shape index (κ2) is 8.34. The van der Waals surface area contributed by atoms with Crippen molar-refractivity contribution >= 4 is 46.4 Å². The number of ether oxygens (including phenoxy) is 1. The lowest BCUT2D eigenvalue weighted by Crippen LogP contribution is -2.23. The molecule has 0 bridgehead atoms. The molecule has 122 valence electrons. The zero-order chi connectivity index (χ0) is 16.8. The number of rotatable bonds is 6. The molecule has 0 spiro atoms. The summed E-state index contributed by atoms with van der Waals surface area (Å²) in [6.07, 6.45) is 1.56. The molecule has 2 rings (SSSR count). The van der Waals surface area contributed by atoms with Crippen LogP contribution in [0.3, 0.4) is 0 Å². The van der Waals surface area contributed by atoms with Gasteiger partial charge in [-0.05, 0) is 42.7 Å². The molecule has 1 aromatic heterocycles. The standard InChI is InChI=1S/C16H15Cl2NO3S/c1-22-16(21)14-7-6-13(23-14)15(20)19-8-2-3-10-4-5-11(17)12(18)9-10/h4-7,9H,2-3,8H2,1H3,(H,19,20). The van der Waals surface area contributed by atoms with E-state index in [1.54, 1.807) is 18.2 Å². The Balaban J connectivity index is 1.79. The van der Waals surface area contributed by atoms with Gasteiger partial charge < -0.3 is 10.1 Å². The average molecular weight is 372 g/mol. The Bertz CT molecular complexity index is 715. The number of amides is 1. The highest BCUT2D eigenvalue weighted by molar-refractivity contribution is 7.15. The molecule has 1 aromatic carbocycles. The van der Waals surface area contributed by atoms with Crippen molar-refractivity contribution in [1.29, 1.82) is 0 Å². The van der Waals surface area contributed by atoms with Gasteiger partial charge in [0.25, 0.3) is 5.91 Å². The van der Waals surface area contributed by atoms with Crippen LogP contribution in [-0.4, -0.2) is 25.5 Å². The fourth-order valence-electron chi connectivity index (χ4n) is 1.95. The van der Waals surface area contributed by atoms with Crippen LogP contribution in [0.25, 0.3) is 0 Å². The first kappa shape index (κ1) is 17.8. The van der Waals surface area contributed by atoms with E-state index in [2.05, 4.69) is 10.1 Å². The van der Waals surface area contributed by atoms with Crippen LogP contribution in [0, 0.1) is 0 Å². The second-order valence-electron chi connectivity index (χ2n) is 4.76. The van der Waals surface area contributed by atoms with E-state index in [4.69, 9.17) is 23.2 Å². The van der Waals surface area contributed by atoms with Gasteiger partial charge >= 0.3 is 5.97 Å². The summed E-state index contributed by atoms with van der Waals surface area (Å²) in [4.78, 5) is 24.2. The highest BCUT2D eigenvalue weighted by Gasteiger charge is 2.13. The van der Waals surface area contributed by atoms with Gasteiger partial charge in [0.2, 0.25) is 0 Å². The van der Waals surface area contributed by atoms with Gasteiger partial charge in [-0.25, -0.2) is 4.79 Å². The Labute approximate surface area is 148 Å². The maximum absolute atomic E-state index is 12.0. The topological polar surface area (TPSA) is 55.4 Å². The molecule has 0 fully saturated rings. The van der Waals surface area contributed by atoms with Crippen molar-refractivity contribution in [2.45, 2.75) is 12.8 Å². The molecule has 0 saturated heterocycles. The summed E-state index contributed by atoms with van der Waals surface area (Å²) in [7, 11) is 1.31. The number of esters is 1. The predicted octanol–water partition coefficient (Wildman–Crippen LogP) is 4.20. The number of halogens is 2. The van der Waals surface area contributed by atoms with Gasteiger partial charge in [-0.15, -0.1) is 11.3 Å². The van der Waals surface area contributed by atoms with Crippen molar-refractivity contribution in [3.63, 3.8) is 0 Å². The molecule has 1 N–H and O–H groups in total. The lowest BCUT2D eigenvalue weighted by atomic mass is 10.1. The molecule has 2 aromatic rings. The van der Waals surface area contributed by atoms with Gasteiger partial charge in [0.05, 0.1) is 22.0 Å². The summed E-state index contributed by atoms with van der Waals surface area (Å²) < 4.78 is 4.61. The molecular formula is C16H15Cl2NO3S. The summed E-state index contributed by atoms with van der Waals surface area (Å²) in [6, 6.07) is 8.70. The molecule has 1 heterocycles. The van der Waals surface area contributed by atoms with Crippen LogP contribution in [0.15, 0.2) is 30.3 Å². The van der Waals surface area contributed by atoms with E-state index in [1.807, 2.05) is 12.1 Å². The van der Waals surface area contributed by atoms with E-state index in [-0.39, 0.29) is 5.91 Å². The minimum atomic E-state index is -0.436. The van der Waals surface area contributed by atoms with E-state index in [0.717, 1.165) is 29.7 Å². The highest BCUT2D eigenvalue weighted by atomic mass is 35.5. The largest absolute Gasteiger partial charge is 0.465 e. The van der Waals surface area contributed by atoms with Gasteiger partial charge in [-0.1, -0.05) is 29.3 Å². The summed E-state index contributed by atoms with van der Waals surface area (Å²) >= 11 is 12.9. The third-order valence-electron chi connectivity index (χ3n) is 3.13. The zero-order valence-corrected chi connectivity index (χ0v) is 14.7. The Hall–Kier alpha value is -1.56. The van der Waals surface area contributed by atoms with E-state index in [1.165, 1.54) is 7.11 Å². The number of carbonyl (C=O) groups is 2. The van der Waals surface area contributed by atoms with Gasteiger partial charge in [0, 0.05) is 6.54 Å². The number of thiophene rings is 1. The summed E-state index contributed by atoms with van der Waals surface area (Å²) in [5, 5.41) is 3.89. The Morgan fingerprint density at radius 1 is 1.13 bits per heavy atom. The van der Waals surface area contributed by atoms with E-state index >= 15 is 0 Å². The first-order valence-corrected chi connectivity index (χ1v) is 8.49.